The molecule has 0 aromatic heterocycles. The molecular formula is C11H17N. The van der Waals surface area contributed by atoms with Gasteiger partial charge in [0.1, 0.15) is 0 Å². The highest BCUT2D eigenvalue weighted by Crippen LogP contribution is 1.92. The van der Waals surface area contributed by atoms with Crippen LogP contribution in [-0.4, -0.2) is 12.8 Å². The van der Waals surface area contributed by atoms with Crippen LogP contribution in [0.25, 0.3) is 0 Å². The maximum atomic E-state index is 4.20. The van der Waals surface area contributed by atoms with Crippen molar-refractivity contribution in [3.63, 3.8) is 0 Å². The van der Waals surface area contributed by atoms with Gasteiger partial charge in [0.2, 0.25) is 0 Å². The summed E-state index contributed by atoms with van der Waals surface area (Å²) in [7, 11) is 0. The number of allylic oxidation sites excluding steroid dienone is 5. The third-order valence-corrected chi connectivity index (χ3v) is 1.30. The van der Waals surface area contributed by atoms with Crippen LogP contribution in [0.5, 0.6) is 0 Å². The first kappa shape index (κ1) is 10.9. The van der Waals surface area contributed by atoms with Crippen molar-refractivity contribution in [3.8, 4) is 0 Å². The molecule has 0 bridgehead atoms. The zero-order valence-corrected chi connectivity index (χ0v) is 8.12. The second kappa shape index (κ2) is 7.99. The van der Waals surface area contributed by atoms with Crippen LogP contribution in [0, 0.1) is 0 Å². The van der Waals surface area contributed by atoms with Crippen LogP contribution in [0.4, 0.5) is 0 Å². The summed E-state index contributed by atoms with van der Waals surface area (Å²) in [5, 5.41) is 0. The van der Waals surface area contributed by atoms with Gasteiger partial charge in [-0.1, -0.05) is 29.9 Å². The molecule has 0 unspecified atom stereocenters. The lowest BCUT2D eigenvalue weighted by Crippen LogP contribution is -1.81. The van der Waals surface area contributed by atoms with Gasteiger partial charge in [-0.05, 0) is 26.8 Å². The molecule has 0 aliphatic heterocycles. The van der Waals surface area contributed by atoms with Gasteiger partial charge in [-0.2, -0.15) is 0 Å². The molecule has 0 aromatic carbocycles. The van der Waals surface area contributed by atoms with Gasteiger partial charge in [-0.25, -0.2) is 0 Å². The minimum Gasteiger partial charge on any atom is -0.289 e. The molecule has 0 N–H and O–H groups in total. The molecule has 0 rings (SSSR count). The van der Waals surface area contributed by atoms with E-state index in [9.17, 15) is 0 Å². The van der Waals surface area contributed by atoms with Gasteiger partial charge in [0.05, 0.1) is 6.54 Å². The van der Waals surface area contributed by atoms with Gasteiger partial charge in [0.15, 0.2) is 0 Å². The lowest BCUT2D eigenvalue weighted by atomic mass is 10.3. The van der Waals surface area contributed by atoms with Crippen molar-refractivity contribution < 1.29 is 0 Å². The monoisotopic (exact) mass is 163 g/mol. The largest absolute Gasteiger partial charge is 0.289 e. The molecule has 0 spiro atoms. The molecule has 66 valence electrons. The van der Waals surface area contributed by atoms with Crippen LogP contribution >= 0.6 is 0 Å². The highest BCUT2D eigenvalue weighted by Gasteiger charge is 1.80. The maximum Gasteiger partial charge on any atom is 0.0599 e. The Labute approximate surface area is 75.2 Å². The highest BCUT2D eigenvalue weighted by atomic mass is 14.7. The lowest BCUT2D eigenvalue weighted by molar-refractivity contribution is 1.14. The smallest absolute Gasteiger partial charge is 0.0599 e. The summed E-state index contributed by atoms with van der Waals surface area (Å²) in [5.74, 6) is 0. The van der Waals surface area contributed by atoms with E-state index in [0.29, 0.717) is 0 Å². The molecule has 0 saturated heterocycles. The number of nitrogens with zero attached hydrogens (tertiary/aromatic N) is 1. The van der Waals surface area contributed by atoms with Crippen molar-refractivity contribution in [1.82, 2.24) is 0 Å². The van der Waals surface area contributed by atoms with E-state index >= 15 is 0 Å². The van der Waals surface area contributed by atoms with Crippen molar-refractivity contribution in [2.24, 2.45) is 4.99 Å². The van der Waals surface area contributed by atoms with E-state index in [2.05, 4.69) is 18.0 Å². The Kier molecular flexibility index (Phi) is 7.25. The number of rotatable bonds is 4. The number of hydrogen-bond donors (Lipinski definition) is 0. The van der Waals surface area contributed by atoms with Crippen molar-refractivity contribution in [2.75, 3.05) is 6.54 Å². The van der Waals surface area contributed by atoms with Gasteiger partial charge in [-0.15, -0.1) is 0 Å². The van der Waals surface area contributed by atoms with Gasteiger partial charge in [-0.3, -0.25) is 4.99 Å². The predicted octanol–water partition coefficient (Wildman–Crippen LogP) is 3.16. The van der Waals surface area contributed by atoms with Crippen LogP contribution in [0.3, 0.4) is 0 Å². The molecule has 0 amide bonds. The van der Waals surface area contributed by atoms with Gasteiger partial charge in [0, 0.05) is 6.21 Å². The Morgan fingerprint density at radius 2 is 1.83 bits per heavy atom. The van der Waals surface area contributed by atoms with Crippen molar-refractivity contribution >= 4 is 6.21 Å². The summed E-state index contributed by atoms with van der Waals surface area (Å²) in [6.45, 7) is 6.85. The molecule has 0 radical (unpaired) electrons. The van der Waals surface area contributed by atoms with Crippen LogP contribution in [0.15, 0.2) is 40.9 Å². The molecule has 1 nitrogen and oxygen atoms in total. The Balaban J connectivity index is 3.77. The Morgan fingerprint density at radius 1 is 1.17 bits per heavy atom. The van der Waals surface area contributed by atoms with E-state index < -0.39 is 0 Å². The van der Waals surface area contributed by atoms with Gasteiger partial charge < -0.3 is 0 Å². The van der Waals surface area contributed by atoms with Crippen molar-refractivity contribution in [2.45, 2.75) is 20.8 Å². The Hall–Kier alpha value is -1.11. The van der Waals surface area contributed by atoms with Crippen LogP contribution in [0.1, 0.15) is 20.8 Å². The molecule has 0 saturated carbocycles. The van der Waals surface area contributed by atoms with E-state index in [-0.39, 0.29) is 0 Å². The summed E-state index contributed by atoms with van der Waals surface area (Å²) in [6.07, 6.45) is 11.8. The summed E-state index contributed by atoms with van der Waals surface area (Å²) in [5.41, 5.74) is 1.27. The average molecular weight is 163 g/mol. The van der Waals surface area contributed by atoms with E-state index in [0.717, 1.165) is 6.54 Å². The van der Waals surface area contributed by atoms with E-state index in [1.807, 2.05) is 44.4 Å². The third kappa shape index (κ3) is 7.00. The molecule has 0 aliphatic carbocycles. The SMILES string of the molecule is C/C=C\C=N/C/C(C)=C/C=C\C. The van der Waals surface area contributed by atoms with E-state index in [1.54, 1.807) is 0 Å². The first-order valence-corrected chi connectivity index (χ1v) is 4.20. The average Bonchev–Trinajstić information content (AvgIpc) is 2.09. The topological polar surface area (TPSA) is 12.4 Å². The first-order valence-electron chi connectivity index (χ1n) is 4.20. The number of aliphatic imine (C=N–C) groups is 1. The van der Waals surface area contributed by atoms with Crippen LogP contribution in [-0.2, 0) is 0 Å². The summed E-state index contributed by atoms with van der Waals surface area (Å²) in [6, 6.07) is 0. The standard InChI is InChI=1S/C11H17N/c1-4-6-8-11(3)10-12-9-7-5-2/h4-9H,10H2,1-3H3/b6-4-,7-5-,11-8+,12-9-. The Morgan fingerprint density at radius 3 is 2.42 bits per heavy atom. The lowest BCUT2D eigenvalue weighted by Gasteiger charge is -1.90. The third-order valence-electron chi connectivity index (χ3n) is 1.30. The normalized spacial score (nSPS) is 14.1. The highest BCUT2D eigenvalue weighted by molar-refractivity contribution is 5.70. The minimum absolute atomic E-state index is 0.786. The first-order chi connectivity index (χ1) is 5.81. The molecular weight excluding hydrogens is 146 g/mol. The zero-order valence-electron chi connectivity index (χ0n) is 8.12. The molecule has 1 heteroatoms. The van der Waals surface area contributed by atoms with Crippen LogP contribution in [0.2, 0.25) is 0 Å². The number of hydrogen-bond acceptors (Lipinski definition) is 1. The molecule has 0 heterocycles. The quantitative estimate of drug-likeness (QED) is 0.446. The maximum absolute atomic E-state index is 4.20. The zero-order chi connectivity index (χ0) is 9.23. The molecule has 0 fully saturated rings. The van der Waals surface area contributed by atoms with Gasteiger partial charge >= 0.3 is 0 Å². The summed E-state index contributed by atoms with van der Waals surface area (Å²) >= 11 is 0. The van der Waals surface area contributed by atoms with Crippen molar-refractivity contribution in [1.29, 1.82) is 0 Å². The van der Waals surface area contributed by atoms with E-state index in [4.69, 9.17) is 0 Å². The van der Waals surface area contributed by atoms with Crippen LogP contribution < -0.4 is 0 Å². The van der Waals surface area contributed by atoms with Crippen molar-refractivity contribution in [3.05, 3.63) is 36.0 Å². The summed E-state index contributed by atoms with van der Waals surface area (Å²) < 4.78 is 0. The fourth-order valence-corrected chi connectivity index (χ4v) is 0.657. The molecule has 0 atom stereocenters. The Bertz CT molecular complexity index is 207. The minimum atomic E-state index is 0.786. The molecule has 12 heavy (non-hydrogen) atoms. The van der Waals surface area contributed by atoms with E-state index in [1.165, 1.54) is 5.57 Å². The second-order valence-electron chi connectivity index (χ2n) is 2.55. The predicted molar refractivity (Wildman–Crippen MR) is 56.7 cm³/mol. The fourth-order valence-electron chi connectivity index (χ4n) is 0.657. The molecule has 0 aromatic rings. The second-order valence-corrected chi connectivity index (χ2v) is 2.55. The van der Waals surface area contributed by atoms with Gasteiger partial charge in [0.25, 0.3) is 0 Å². The summed E-state index contributed by atoms with van der Waals surface area (Å²) in [4.78, 5) is 4.20. The fraction of sp³-hybridized carbons (Fsp3) is 0.364. The molecule has 0 aliphatic rings.